The number of benzene rings is 2. The Morgan fingerprint density at radius 3 is 2.27 bits per heavy atom. The van der Waals surface area contributed by atoms with Gasteiger partial charge in [-0.05, 0) is 86.1 Å². The van der Waals surface area contributed by atoms with E-state index in [0.29, 0.717) is 69.3 Å². The normalized spacial score (nSPS) is 18.0. The molecule has 0 unspecified atom stereocenters. The molecule has 1 aliphatic heterocycles. The SMILES string of the molecule is CN(C)c1ccc(/C=C2N=C(/C=C/c3ccc(C#N)cc3)N(CC(=O)NC3CCC(C(=O)NCCOCCOCCCCCCCl)CC3)C\2=O)cc1. The summed E-state index contributed by atoms with van der Waals surface area (Å²) in [5.41, 5.74) is 3.46. The van der Waals surface area contributed by atoms with Crippen molar-refractivity contribution < 1.29 is 23.9 Å². The van der Waals surface area contributed by atoms with Gasteiger partial charge in [0.05, 0.1) is 31.5 Å². The van der Waals surface area contributed by atoms with Gasteiger partial charge in [-0.25, -0.2) is 4.99 Å². The van der Waals surface area contributed by atoms with Gasteiger partial charge in [0.15, 0.2) is 0 Å². The summed E-state index contributed by atoms with van der Waals surface area (Å²) < 4.78 is 11.2. The van der Waals surface area contributed by atoms with Crippen LogP contribution in [0.25, 0.3) is 12.2 Å². The second-order valence-corrected chi connectivity index (χ2v) is 13.6. The largest absolute Gasteiger partial charge is 0.379 e. The molecule has 0 saturated heterocycles. The number of carbonyl (C=O) groups is 3. The summed E-state index contributed by atoms with van der Waals surface area (Å²) in [6.45, 7) is 2.44. The van der Waals surface area contributed by atoms with Crippen LogP contribution >= 0.6 is 11.6 Å². The third-order valence-corrected chi connectivity index (χ3v) is 9.28. The number of nitrogens with zero attached hydrogens (tertiary/aromatic N) is 4. The molecule has 4 rings (SSSR count). The van der Waals surface area contributed by atoms with E-state index in [2.05, 4.69) is 21.7 Å². The third-order valence-electron chi connectivity index (χ3n) is 9.01. The first-order valence-electron chi connectivity index (χ1n) is 18.1. The van der Waals surface area contributed by atoms with Gasteiger partial charge in [-0.1, -0.05) is 43.2 Å². The van der Waals surface area contributed by atoms with E-state index in [1.807, 2.05) is 55.4 Å². The maximum absolute atomic E-state index is 13.6. The van der Waals surface area contributed by atoms with Gasteiger partial charge in [-0.15, -0.1) is 11.6 Å². The number of amidine groups is 1. The molecule has 0 bridgehead atoms. The van der Waals surface area contributed by atoms with Crippen molar-refractivity contribution in [2.24, 2.45) is 10.9 Å². The quantitative estimate of drug-likeness (QED) is 0.104. The van der Waals surface area contributed by atoms with E-state index in [0.717, 1.165) is 49.1 Å². The van der Waals surface area contributed by atoms with E-state index in [4.69, 9.17) is 26.3 Å². The first kappa shape index (κ1) is 40.3. The molecule has 2 aliphatic rings. The Balaban J connectivity index is 1.23. The zero-order chi connectivity index (χ0) is 37.1. The lowest BCUT2D eigenvalue weighted by molar-refractivity contribution is -0.129. The standard InChI is InChI=1S/C40H51ClN6O5/c1-46(2)35-18-11-31(12-19-35)27-36-40(50)47(37(45-36)20-13-30-7-9-32(28-42)10-8-30)29-38(48)44-34-16-14-33(15-17-34)39(49)43-22-24-52-26-25-51-23-6-4-3-5-21-41/h7-13,18-20,27,33-34H,3-6,14-17,21-26,29H2,1-2H3,(H,43,49)(H,44,48)/b20-13+,36-27-. The molecule has 1 heterocycles. The molecule has 0 spiro atoms. The summed E-state index contributed by atoms with van der Waals surface area (Å²) >= 11 is 5.69. The Morgan fingerprint density at radius 1 is 0.923 bits per heavy atom. The Labute approximate surface area is 312 Å². The van der Waals surface area contributed by atoms with Crippen LogP contribution in [-0.4, -0.2) is 94.0 Å². The van der Waals surface area contributed by atoms with E-state index in [1.54, 1.807) is 30.4 Å². The van der Waals surface area contributed by atoms with E-state index < -0.39 is 0 Å². The predicted octanol–water partition coefficient (Wildman–Crippen LogP) is 5.54. The minimum Gasteiger partial charge on any atom is -0.379 e. The number of rotatable bonds is 20. The Bertz CT molecular complexity index is 1590. The molecular weight excluding hydrogens is 680 g/mol. The van der Waals surface area contributed by atoms with Crippen LogP contribution in [0.4, 0.5) is 5.69 Å². The zero-order valence-corrected chi connectivity index (χ0v) is 31.1. The predicted molar refractivity (Wildman–Crippen MR) is 206 cm³/mol. The maximum atomic E-state index is 13.6. The number of hydrogen-bond donors (Lipinski definition) is 2. The Hall–Kier alpha value is -4.50. The van der Waals surface area contributed by atoms with Crippen LogP contribution < -0.4 is 15.5 Å². The molecule has 1 aliphatic carbocycles. The number of amides is 3. The van der Waals surface area contributed by atoms with Gasteiger partial charge in [0.1, 0.15) is 18.1 Å². The fraction of sp³-hybridized carbons (Fsp3) is 0.475. The summed E-state index contributed by atoms with van der Waals surface area (Å²) in [6, 6.07) is 16.8. The van der Waals surface area contributed by atoms with Gasteiger partial charge in [-0.3, -0.25) is 19.3 Å². The maximum Gasteiger partial charge on any atom is 0.278 e. The highest BCUT2D eigenvalue weighted by molar-refractivity contribution is 6.19. The summed E-state index contributed by atoms with van der Waals surface area (Å²) in [5, 5.41) is 15.2. The molecule has 0 aromatic heterocycles. The van der Waals surface area contributed by atoms with Crippen LogP contribution in [0.2, 0.25) is 0 Å². The summed E-state index contributed by atoms with van der Waals surface area (Å²) in [7, 11) is 3.92. The lowest BCUT2D eigenvalue weighted by atomic mass is 9.85. The fourth-order valence-electron chi connectivity index (χ4n) is 6.00. The molecule has 52 heavy (non-hydrogen) atoms. The summed E-state index contributed by atoms with van der Waals surface area (Å²) in [5.74, 6) is 0.312. The van der Waals surface area contributed by atoms with Gasteiger partial charge in [0.2, 0.25) is 11.8 Å². The van der Waals surface area contributed by atoms with Crippen LogP contribution in [0.1, 0.15) is 68.1 Å². The number of ether oxygens (including phenoxy) is 2. The van der Waals surface area contributed by atoms with Gasteiger partial charge in [0.25, 0.3) is 5.91 Å². The van der Waals surface area contributed by atoms with E-state index in [9.17, 15) is 14.4 Å². The molecule has 0 atom stereocenters. The van der Waals surface area contributed by atoms with Crippen molar-refractivity contribution in [2.45, 2.75) is 57.4 Å². The van der Waals surface area contributed by atoms with Crippen molar-refractivity contribution in [3.8, 4) is 6.07 Å². The number of hydrogen-bond acceptors (Lipinski definition) is 8. The molecule has 2 aromatic rings. The average Bonchev–Trinajstić information content (AvgIpc) is 3.44. The Kier molecular flexibility index (Phi) is 16.9. The van der Waals surface area contributed by atoms with E-state index in [1.165, 1.54) is 4.90 Å². The van der Waals surface area contributed by atoms with Gasteiger partial charge < -0.3 is 25.0 Å². The number of nitriles is 1. The number of nitrogens with one attached hydrogen (secondary N) is 2. The highest BCUT2D eigenvalue weighted by Crippen LogP contribution is 2.25. The number of carbonyl (C=O) groups excluding carboxylic acids is 3. The molecule has 3 amide bonds. The first-order valence-corrected chi connectivity index (χ1v) is 18.7. The highest BCUT2D eigenvalue weighted by atomic mass is 35.5. The zero-order valence-electron chi connectivity index (χ0n) is 30.3. The van der Waals surface area contributed by atoms with Crippen molar-refractivity contribution in [2.75, 3.05) is 64.4 Å². The van der Waals surface area contributed by atoms with Crippen LogP contribution in [0, 0.1) is 17.2 Å². The molecule has 1 fully saturated rings. The van der Waals surface area contributed by atoms with Crippen LogP contribution in [0.5, 0.6) is 0 Å². The Morgan fingerprint density at radius 2 is 1.60 bits per heavy atom. The lowest BCUT2D eigenvalue weighted by Gasteiger charge is -2.29. The monoisotopic (exact) mass is 730 g/mol. The van der Waals surface area contributed by atoms with Crippen LogP contribution in [0.3, 0.4) is 0 Å². The number of halogens is 1. The topological polar surface area (TPSA) is 136 Å². The molecule has 278 valence electrons. The molecule has 2 N–H and O–H groups in total. The summed E-state index contributed by atoms with van der Waals surface area (Å²) in [6.07, 6.45) is 12.2. The fourth-order valence-corrected chi connectivity index (χ4v) is 6.18. The van der Waals surface area contributed by atoms with Crippen molar-refractivity contribution in [3.05, 3.63) is 77.0 Å². The number of unbranched alkanes of at least 4 members (excludes halogenated alkanes) is 3. The molecule has 0 radical (unpaired) electrons. The van der Waals surface area contributed by atoms with Gasteiger partial charge >= 0.3 is 0 Å². The van der Waals surface area contributed by atoms with Crippen molar-refractivity contribution in [3.63, 3.8) is 0 Å². The van der Waals surface area contributed by atoms with Gasteiger partial charge in [0, 0.05) is 50.8 Å². The number of anilines is 1. The average molecular weight is 731 g/mol. The molecule has 2 aromatic carbocycles. The molecule has 12 heteroatoms. The number of aliphatic imine (C=N–C) groups is 1. The highest BCUT2D eigenvalue weighted by Gasteiger charge is 2.32. The first-order chi connectivity index (χ1) is 25.3. The second kappa shape index (κ2) is 21.8. The minimum atomic E-state index is -0.364. The second-order valence-electron chi connectivity index (χ2n) is 13.2. The molecular formula is C40H51ClN6O5. The van der Waals surface area contributed by atoms with E-state index >= 15 is 0 Å². The smallest absolute Gasteiger partial charge is 0.278 e. The van der Waals surface area contributed by atoms with Gasteiger partial charge in [-0.2, -0.15) is 5.26 Å². The number of alkyl halides is 1. The van der Waals surface area contributed by atoms with Crippen molar-refractivity contribution in [1.29, 1.82) is 5.26 Å². The summed E-state index contributed by atoms with van der Waals surface area (Å²) in [4.78, 5) is 47.6. The molecule has 1 saturated carbocycles. The van der Waals surface area contributed by atoms with Crippen LogP contribution in [0.15, 0.2) is 65.3 Å². The lowest BCUT2D eigenvalue weighted by Crippen LogP contribution is -2.46. The minimum absolute atomic E-state index is 0.00908. The van der Waals surface area contributed by atoms with Crippen LogP contribution in [-0.2, 0) is 23.9 Å². The van der Waals surface area contributed by atoms with Crippen molar-refractivity contribution >= 4 is 53.0 Å². The third kappa shape index (κ3) is 13.2. The molecule has 11 nitrogen and oxygen atoms in total. The van der Waals surface area contributed by atoms with Crippen molar-refractivity contribution in [1.82, 2.24) is 15.5 Å². The van der Waals surface area contributed by atoms with E-state index in [-0.39, 0.29) is 41.9 Å².